The molecule has 0 aliphatic carbocycles. The minimum atomic E-state index is 0.167. The van der Waals surface area contributed by atoms with Crippen molar-refractivity contribution in [3.63, 3.8) is 0 Å². The zero-order valence-corrected chi connectivity index (χ0v) is 9.93. The molecule has 0 amide bonds. The molecule has 0 saturated heterocycles. The molecule has 3 heteroatoms. The van der Waals surface area contributed by atoms with E-state index in [1.54, 1.807) is 18.4 Å². The van der Waals surface area contributed by atoms with Crippen molar-refractivity contribution < 1.29 is 4.74 Å². The Kier molecular flexibility index (Phi) is 4.58. The average Bonchev–Trinajstić information content (AvgIpc) is 2.51. The number of hydrogen-bond acceptors (Lipinski definition) is 3. The normalized spacial score (nSPS) is 15.4. The molecule has 0 saturated carbocycles. The summed E-state index contributed by atoms with van der Waals surface area (Å²) in [6.07, 6.45) is 0.995. The van der Waals surface area contributed by atoms with Crippen LogP contribution < -0.4 is 5.73 Å². The Morgan fingerprint density at radius 2 is 2.29 bits per heavy atom. The van der Waals surface area contributed by atoms with Gasteiger partial charge in [-0.3, -0.25) is 0 Å². The second-order valence-electron chi connectivity index (χ2n) is 3.87. The van der Waals surface area contributed by atoms with E-state index < -0.39 is 0 Å². The van der Waals surface area contributed by atoms with E-state index in [1.165, 1.54) is 10.4 Å². The Morgan fingerprint density at radius 1 is 1.57 bits per heavy atom. The fraction of sp³-hybridized carbons (Fsp3) is 0.636. The van der Waals surface area contributed by atoms with Gasteiger partial charge in [-0.1, -0.05) is 6.92 Å². The Bertz CT molecular complexity index is 272. The maximum Gasteiger partial charge on any atom is 0.0488 e. The van der Waals surface area contributed by atoms with Gasteiger partial charge in [0.05, 0.1) is 0 Å². The average molecular weight is 213 g/mol. The van der Waals surface area contributed by atoms with Crippen LogP contribution in [0.2, 0.25) is 0 Å². The largest absolute Gasteiger partial charge is 0.384 e. The van der Waals surface area contributed by atoms with E-state index in [0.717, 1.165) is 13.0 Å². The summed E-state index contributed by atoms with van der Waals surface area (Å²) in [5.41, 5.74) is 7.44. The van der Waals surface area contributed by atoms with Crippen molar-refractivity contribution in [1.29, 1.82) is 0 Å². The first-order valence-electron chi connectivity index (χ1n) is 4.93. The zero-order chi connectivity index (χ0) is 10.6. The van der Waals surface area contributed by atoms with Gasteiger partial charge in [0.15, 0.2) is 0 Å². The summed E-state index contributed by atoms with van der Waals surface area (Å²) in [6.45, 7) is 5.08. The second-order valence-corrected chi connectivity index (χ2v) is 4.82. The van der Waals surface area contributed by atoms with Gasteiger partial charge in [0, 0.05) is 24.6 Å². The lowest BCUT2D eigenvalue weighted by Crippen LogP contribution is -2.16. The smallest absolute Gasteiger partial charge is 0.0488 e. The van der Waals surface area contributed by atoms with Crippen LogP contribution in [0.25, 0.3) is 0 Å². The summed E-state index contributed by atoms with van der Waals surface area (Å²) >= 11 is 1.75. The number of hydrogen-bond donors (Lipinski definition) is 1. The van der Waals surface area contributed by atoms with Crippen molar-refractivity contribution in [1.82, 2.24) is 0 Å². The summed E-state index contributed by atoms with van der Waals surface area (Å²) in [5, 5.41) is 2.10. The van der Waals surface area contributed by atoms with Crippen molar-refractivity contribution in [2.24, 2.45) is 11.7 Å². The molecule has 1 heterocycles. The molecule has 0 aliphatic heterocycles. The van der Waals surface area contributed by atoms with E-state index in [4.69, 9.17) is 10.5 Å². The van der Waals surface area contributed by atoms with Crippen molar-refractivity contribution >= 4 is 11.3 Å². The Labute approximate surface area is 90.1 Å². The van der Waals surface area contributed by atoms with Crippen molar-refractivity contribution in [2.75, 3.05) is 13.7 Å². The highest BCUT2D eigenvalue weighted by Crippen LogP contribution is 2.26. The maximum absolute atomic E-state index is 6.13. The van der Waals surface area contributed by atoms with E-state index in [9.17, 15) is 0 Å². The highest BCUT2D eigenvalue weighted by atomic mass is 32.1. The molecular formula is C11H19NOS. The summed E-state index contributed by atoms with van der Waals surface area (Å²) < 4.78 is 5.10. The van der Waals surface area contributed by atoms with E-state index in [1.807, 2.05) is 0 Å². The SMILES string of the molecule is COCC(C)CC(N)c1sccc1C. The Balaban J connectivity index is 2.50. The Morgan fingerprint density at radius 3 is 2.79 bits per heavy atom. The van der Waals surface area contributed by atoms with Gasteiger partial charge in [0.1, 0.15) is 0 Å². The van der Waals surface area contributed by atoms with Crippen molar-refractivity contribution in [3.8, 4) is 0 Å². The summed E-state index contributed by atoms with van der Waals surface area (Å²) in [7, 11) is 1.73. The number of ether oxygens (including phenoxy) is 1. The highest BCUT2D eigenvalue weighted by molar-refractivity contribution is 7.10. The topological polar surface area (TPSA) is 35.2 Å². The number of rotatable bonds is 5. The lowest BCUT2D eigenvalue weighted by Gasteiger charge is -2.16. The van der Waals surface area contributed by atoms with Crippen LogP contribution in [0.3, 0.4) is 0 Å². The quantitative estimate of drug-likeness (QED) is 0.816. The van der Waals surface area contributed by atoms with Crippen molar-refractivity contribution in [2.45, 2.75) is 26.3 Å². The van der Waals surface area contributed by atoms with Gasteiger partial charge in [-0.05, 0) is 36.3 Å². The molecule has 0 aliphatic rings. The maximum atomic E-state index is 6.13. The molecule has 2 unspecified atom stereocenters. The van der Waals surface area contributed by atoms with Gasteiger partial charge in [0.25, 0.3) is 0 Å². The highest BCUT2D eigenvalue weighted by Gasteiger charge is 2.13. The van der Waals surface area contributed by atoms with Crippen LogP contribution in [0.4, 0.5) is 0 Å². The lowest BCUT2D eigenvalue weighted by atomic mass is 10.0. The predicted molar refractivity (Wildman–Crippen MR) is 61.6 cm³/mol. The molecule has 0 fully saturated rings. The summed E-state index contributed by atoms with van der Waals surface area (Å²) in [5.74, 6) is 0.525. The van der Waals surface area contributed by atoms with Crippen LogP contribution in [-0.2, 0) is 4.74 Å². The van der Waals surface area contributed by atoms with Gasteiger partial charge in [-0.25, -0.2) is 0 Å². The van der Waals surface area contributed by atoms with Gasteiger partial charge >= 0.3 is 0 Å². The molecule has 0 radical (unpaired) electrons. The molecular weight excluding hydrogens is 194 g/mol. The van der Waals surface area contributed by atoms with Gasteiger partial charge in [0.2, 0.25) is 0 Å². The monoisotopic (exact) mass is 213 g/mol. The second kappa shape index (κ2) is 5.49. The first-order chi connectivity index (χ1) is 6.65. The fourth-order valence-electron chi connectivity index (χ4n) is 1.66. The van der Waals surface area contributed by atoms with Crippen LogP contribution in [0.5, 0.6) is 0 Å². The summed E-state index contributed by atoms with van der Waals surface area (Å²) in [4.78, 5) is 1.31. The molecule has 1 aromatic rings. The van der Waals surface area contributed by atoms with Crippen LogP contribution in [0.15, 0.2) is 11.4 Å². The van der Waals surface area contributed by atoms with Crippen LogP contribution in [0.1, 0.15) is 29.8 Å². The first kappa shape index (κ1) is 11.7. The number of aryl methyl sites for hydroxylation is 1. The number of nitrogens with two attached hydrogens (primary N) is 1. The Hall–Kier alpha value is -0.380. The number of methoxy groups -OCH3 is 1. The third-order valence-corrected chi connectivity index (χ3v) is 3.50. The van der Waals surface area contributed by atoms with Crippen LogP contribution in [0, 0.1) is 12.8 Å². The zero-order valence-electron chi connectivity index (χ0n) is 9.12. The molecule has 0 bridgehead atoms. The van der Waals surface area contributed by atoms with Gasteiger partial charge in [-0.2, -0.15) is 0 Å². The molecule has 2 atom stereocenters. The third kappa shape index (κ3) is 3.08. The van der Waals surface area contributed by atoms with Crippen LogP contribution in [-0.4, -0.2) is 13.7 Å². The van der Waals surface area contributed by atoms with Crippen LogP contribution >= 0.6 is 11.3 Å². The molecule has 0 spiro atoms. The fourth-order valence-corrected chi connectivity index (χ4v) is 2.60. The summed E-state index contributed by atoms with van der Waals surface area (Å²) in [6, 6.07) is 2.29. The minimum Gasteiger partial charge on any atom is -0.384 e. The van der Waals surface area contributed by atoms with E-state index in [-0.39, 0.29) is 6.04 Å². The molecule has 14 heavy (non-hydrogen) atoms. The molecule has 80 valence electrons. The standard InChI is InChI=1S/C11H19NOS/c1-8(7-13-3)6-10(12)11-9(2)4-5-14-11/h4-5,8,10H,6-7,12H2,1-3H3. The molecule has 0 aromatic carbocycles. The van der Waals surface area contributed by atoms with E-state index in [0.29, 0.717) is 5.92 Å². The molecule has 1 rings (SSSR count). The molecule has 2 N–H and O–H groups in total. The van der Waals surface area contributed by atoms with Crippen molar-refractivity contribution in [3.05, 3.63) is 21.9 Å². The van der Waals surface area contributed by atoms with Gasteiger partial charge in [-0.15, -0.1) is 11.3 Å². The first-order valence-corrected chi connectivity index (χ1v) is 5.81. The van der Waals surface area contributed by atoms with E-state index in [2.05, 4.69) is 25.3 Å². The minimum absolute atomic E-state index is 0.167. The number of thiophene rings is 1. The third-order valence-electron chi connectivity index (χ3n) is 2.35. The van der Waals surface area contributed by atoms with E-state index >= 15 is 0 Å². The molecule has 2 nitrogen and oxygen atoms in total. The molecule has 1 aromatic heterocycles. The lowest BCUT2D eigenvalue weighted by molar-refractivity contribution is 0.152. The van der Waals surface area contributed by atoms with Gasteiger partial charge < -0.3 is 10.5 Å². The predicted octanol–water partition coefficient (Wildman–Crippen LogP) is 2.73.